The summed E-state index contributed by atoms with van der Waals surface area (Å²) in [5.41, 5.74) is 0. The Kier molecular flexibility index (Phi) is 3.79. The van der Waals surface area contributed by atoms with Gasteiger partial charge in [0.1, 0.15) is 0 Å². The van der Waals surface area contributed by atoms with E-state index in [9.17, 15) is 9.59 Å². The maximum absolute atomic E-state index is 12.3. The van der Waals surface area contributed by atoms with Crippen molar-refractivity contribution in [2.75, 3.05) is 13.1 Å². The molecule has 4 rings (SSSR count). The fraction of sp³-hybridized carbons (Fsp3) is 0.750. The van der Waals surface area contributed by atoms with Crippen molar-refractivity contribution in [3.8, 4) is 0 Å². The minimum Gasteiger partial charge on any atom is -0.348 e. The van der Waals surface area contributed by atoms with Gasteiger partial charge in [0.05, 0.1) is 12.5 Å². The number of hydrogen-bond acceptors (Lipinski definition) is 5. The molecule has 3 aliphatic rings. The first-order valence-electron chi connectivity index (χ1n) is 8.59. The molecule has 1 aromatic heterocycles. The lowest BCUT2D eigenvalue weighted by molar-refractivity contribution is -0.136. The number of likely N-dealkylation sites (tertiary alicyclic amines) is 1. The molecular weight excluding hydrogens is 296 g/mol. The van der Waals surface area contributed by atoms with E-state index < -0.39 is 0 Å². The van der Waals surface area contributed by atoms with E-state index in [2.05, 4.69) is 15.5 Å². The molecule has 1 atom stereocenters. The quantitative estimate of drug-likeness (QED) is 0.881. The van der Waals surface area contributed by atoms with Crippen LogP contribution in [0.3, 0.4) is 0 Å². The minimum absolute atomic E-state index is 0.0175. The molecule has 2 amide bonds. The first-order valence-corrected chi connectivity index (χ1v) is 8.59. The van der Waals surface area contributed by atoms with Crippen LogP contribution in [-0.2, 0) is 16.1 Å². The number of rotatable bonds is 5. The third-order valence-corrected chi connectivity index (χ3v) is 4.86. The van der Waals surface area contributed by atoms with E-state index in [1.54, 1.807) is 0 Å². The summed E-state index contributed by atoms with van der Waals surface area (Å²) in [5, 5.41) is 6.79. The van der Waals surface area contributed by atoms with Gasteiger partial charge in [-0.15, -0.1) is 0 Å². The van der Waals surface area contributed by atoms with E-state index in [1.807, 2.05) is 4.90 Å². The van der Waals surface area contributed by atoms with E-state index in [1.165, 1.54) is 0 Å². The maximum Gasteiger partial charge on any atom is 0.229 e. The molecule has 23 heavy (non-hydrogen) atoms. The summed E-state index contributed by atoms with van der Waals surface area (Å²) in [6.45, 7) is 1.62. The topological polar surface area (TPSA) is 88.3 Å². The summed E-state index contributed by atoms with van der Waals surface area (Å²) < 4.78 is 5.18. The number of carbonyl (C=O) groups is 2. The first-order chi connectivity index (χ1) is 11.2. The number of amides is 2. The lowest BCUT2D eigenvalue weighted by atomic mass is 9.96. The third kappa shape index (κ3) is 3.38. The molecule has 1 unspecified atom stereocenters. The van der Waals surface area contributed by atoms with Crippen molar-refractivity contribution in [2.45, 2.75) is 51.0 Å². The molecule has 3 fully saturated rings. The standard InChI is InChI=1S/C16H22N4O3/c21-14(17-8-13-18-15(23-19-13)10-3-4-10)12-2-1-7-20(9-12)16(22)11-5-6-11/h10-12H,1-9H2,(H,17,21). The normalized spacial score (nSPS) is 24.5. The molecule has 1 N–H and O–H groups in total. The average Bonchev–Trinajstić information content (AvgIpc) is 3.50. The SMILES string of the molecule is O=C(NCc1noc(C2CC2)n1)C1CCCN(C(=O)C2CC2)C1. The molecule has 1 aromatic rings. The number of piperidine rings is 1. The highest BCUT2D eigenvalue weighted by Crippen LogP contribution is 2.38. The van der Waals surface area contributed by atoms with Crippen LogP contribution in [0.4, 0.5) is 0 Å². The Bertz CT molecular complexity index is 606. The molecule has 7 nitrogen and oxygen atoms in total. The van der Waals surface area contributed by atoms with Crippen molar-refractivity contribution in [3.63, 3.8) is 0 Å². The predicted octanol–water partition coefficient (Wildman–Crippen LogP) is 1.21. The molecule has 0 spiro atoms. The maximum atomic E-state index is 12.3. The zero-order valence-corrected chi connectivity index (χ0v) is 13.2. The second-order valence-electron chi connectivity index (χ2n) is 6.94. The summed E-state index contributed by atoms with van der Waals surface area (Å²) >= 11 is 0. The Morgan fingerprint density at radius 1 is 1.17 bits per heavy atom. The molecule has 2 saturated carbocycles. The molecule has 0 aromatic carbocycles. The van der Waals surface area contributed by atoms with Crippen LogP contribution in [0.2, 0.25) is 0 Å². The summed E-state index contributed by atoms with van der Waals surface area (Å²) in [6, 6.07) is 0. The molecule has 7 heteroatoms. The van der Waals surface area contributed by atoms with Gasteiger partial charge in [0.15, 0.2) is 5.82 Å². The highest BCUT2D eigenvalue weighted by Gasteiger charge is 2.36. The summed E-state index contributed by atoms with van der Waals surface area (Å²) in [6.07, 6.45) is 5.97. The van der Waals surface area contributed by atoms with Gasteiger partial charge in [-0.2, -0.15) is 4.98 Å². The van der Waals surface area contributed by atoms with E-state index in [0.717, 1.165) is 45.1 Å². The summed E-state index contributed by atoms with van der Waals surface area (Å²) in [4.78, 5) is 30.7. The largest absolute Gasteiger partial charge is 0.348 e. The second-order valence-corrected chi connectivity index (χ2v) is 6.94. The monoisotopic (exact) mass is 318 g/mol. The van der Waals surface area contributed by atoms with Crippen LogP contribution >= 0.6 is 0 Å². The Hall–Kier alpha value is -1.92. The lowest BCUT2D eigenvalue weighted by Crippen LogP contribution is -2.45. The molecule has 2 heterocycles. The van der Waals surface area contributed by atoms with Crippen LogP contribution in [-0.4, -0.2) is 39.9 Å². The number of aromatic nitrogens is 2. The number of hydrogen-bond donors (Lipinski definition) is 1. The fourth-order valence-electron chi connectivity index (χ4n) is 3.13. The molecule has 1 saturated heterocycles. The smallest absolute Gasteiger partial charge is 0.229 e. The molecule has 1 aliphatic heterocycles. The zero-order chi connectivity index (χ0) is 15.8. The molecule has 0 radical (unpaired) electrons. The Balaban J connectivity index is 1.28. The van der Waals surface area contributed by atoms with Crippen molar-refractivity contribution >= 4 is 11.8 Å². The molecule has 0 bridgehead atoms. The Morgan fingerprint density at radius 3 is 2.74 bits per heavy atom. The van der Waals surface area contributed by atoms with Crippen molar-refractivity contribution in [1.82, 2.24) is 20.4 Å². The minimum atomic E-state index is -0.124. The Labute approximate surface area is 134 Å². The van der Waals surface area contributed by atoms with Gasteiger partial charge in [-0.3, -0.25) is 9.59 Å². The van der Waals surface area contributed by atoms with Crippen LogP contribution in [0.25, 0.3) is 0 Å². The molecular formula is C16H22N4O3. The van der Waals surface area contributed by atoms with Crippen LogP contribution in [0.1, 0.15) is 56.2 Å². The molecule has 124 valence electrons. The van der Waals surface area contributed by atoms with Crippen LogP contribution in [0, 0.1) is 11.8 Å². The van der Waals surface area contributed by atoms with Crippen LogP contribution in [0.15, 0.2) is 4.52 Å². The van der Waals surface area contributed by atoms with Crippen molar-refractivity contribution in [3.05, 3.63) is 11.7 Å². The van der Waals surface area contributed by atoms with Gasteiger partial charge in [0, 0.05) is 24.9 Å². The number of nitrogens with zero attached hydrogens (tertiary/aromatic N) is 3. The lowest BCUT2D eigenvalue weighted by Gasteiger charge is -2.32. The van der Waals surface area contributed by atoms with E-state index >= 15 is 0 Å². The van der Waals surface area contributed by atoms with Gasteiger partial charge in [0.25, 0.3) is 0 Å². The fourth-order valence-corrected chi connectivity index (χ4v) is 3.13. The average molecular weight is 318 g/mol. The highest BCUT2D eigenvalue weighted by molar-refractivity contribution is 5.83. The number of nitrogens with one attached hydrogen (secondary N) is 1. The van der Waals surface area contributed by atoms with E-state index in [-0.39, 0.29) is 23.7 Å². The first kappa shape index (κ1) is 14.7. The van der Waals surface area contributed by atoms with Crippen molar-refractivity contribution < 1.29 is 14.1 Å². The zero-order valence-electron chi connectivity index (χ0n) is 13.2. The van der Waals surface area contributed by atoms with Gasteiger partial charge in [-0.1, -0.05) is 5.16 Å². The Morgan fingerprint density at radius 2 is 2.00 bits per heavy atom. The third-order valence-electron chi connectivity index (χ3n) is 4.86. The highest BCUT2D eigenvalue weighted by atomic mass is 16.5. The summed E-state index contributed by atoms with van der Waals surface area (Å²) in [7, 11) is 0. The van der Waals surface area contributed by atoms with Gasteiger partial charge >= 0.3 is 0 Å². The van der Waals surface area contributed by atoms with E-state index in [0.29, 0.717) is 30.7 Å². The second kappa shape index (κ2) is 5.94. The van der Waals surface area contributed by atoms with Crippen LogP contribution in [0.5, 0.6) is 0 Å². The van der Waals surface area contributed by atoms with Crippen molar-refractivity contribution in [2.24, 2.45) is 11.8 Å². The van der Waals surface area contributed by atoms with E-state index in [4.69, 9.17) is 4.52 Å². The molecule has 2 aliphatic carbocycles. The summed E-state index contributed by atoms with van der Waals surface area (Å²) in [5.74, 6) is 1.95. The van der Waals surface area contributed by atoms with Crippen molar-refractivity contribution in [1.29, 1.82) is 0 Å². The predicted molar refractivity (Wildman–Crippen MR) is 80.1 cm³/mol. The van der Waals surface area contributed by atoms with Crippen LogP contribution < -0.4 is 5.32 Å². The number of carbonyl (C=O) groups excluding carboxylic acids is 2. The van der Waals surface area contributed by atoms with Gasteiger partial charge in [0.2, 0.25) is 17.7 Å². The van der Waals surface area contributed by atoms with Gasteiger partial charge < -0.3 is 14.7 Å². The van der Waals surface area contributed by atoms with Gasteiger partial charge in [-0.05, 0) is 38.5 Å². The van der Waals surface area contributed by atoms with Gasteiger partial charge in [-0.25, -0.2) is 0 Å².